The number of carbonyl (C=O) groups excluding carboxylic acids is 1. The van der Waals surface area contributed by atoms with Gasteiger partial charge in [-0.2, -0.15) is 0 Å². The fourth-order valence-electron chi connectivity index (χ4n) is 4.50. The lowest BCUT2D eigenvalue weighted by Gasteiger charge is -2.28. The van der Waals surface area contributed by atoms with Crippen LogP contribution < -0.4 is 25.1 Å². The van der Waals surface area contributed by atoms with E-state index in [2.05, 4.69) is 26.8 Å². The van der Waals surface area contributed by atoms with Crippen molar-refractivity contribution in [1.82, 2.24) is 10.9 Å². The van der Waals surface area contributed by atoms with Gasteiger partial charge >= 0.3 is 0 Å². The van der Waals surface area contributed by atoms with Crippen molar-refractivity contribution >= 4 is 27.7 Å². The lowest BCUT2D eigenvalue weighted by molar-refractivity contribution is -0.129. The van der Waals surface area contributed by atoms with Gasteiger partial charge in [0.1, 0.15) is 11.9 Å². The standard InChI is InChI=1S/C30H34BrN3O6/c1-20-30(18-22-8-4-5-10-25(22)31,29(36)34-32-19-23-9-6-11-26(37-2)27(23)38-3)33-28(40-20)21-12-14-24(15-13-21)39-17-7-16-35/h4-6,8-15,20,32,35H,7,16-19H2,1-3H3,(H,34,36)/t20-,30-/m0/s1. The van der Waals surface area contributed by atoms with Crippen LogP contribution in [0.5, 0.6) is 17.2 Å². The predicted molar refractivity (Wildman–Crippen MR) is 156 cm³/mol. The van der Waals surface area contributed by atoms with Gasteiger partial charge in [-0.1, -0.05) is 46.3 Å². The van der Waals surface area contributed by atoms with Gasteiger partial charge < -0.3 is 24.1 Å². The molecule has 0 aromatic heterocycles. The van der Waals surface area contributed by atoms with Gasteiger partial charge in [0.05, 0.1) is 20.8 Å². The number of para-hydroxylation sites is 1. The van der Waals surface area contributed by atoms with Crippen LogP contribution in [0.1, 0.15) is 30.0 Å². The van der Waals surface area contributed by atoms with Gasteiger partial charge in [0.2, 0.25) is 5.90 Å². The van der Waals surface area contributed by atoms with Crippen molar-refractivity contribution in [2.24, 2.45) is 4.99 Å². The molecule has 0 aliphatic carbocycles. The van der Waals surface area contributed by atoms with E-state index in [1.807, 2.05) is 73.7 Å². The van der Waals surface area contributed by atoms with Gasteiger partial charge in [0.25, 0.3) is 5.91 Å². The Bertz CT molecular complexity index is 1330. The van der Waals surface area contributed by atoms with Crippen LogP contribution in [0.15, 0.2) is 76.2 Å². The smallest absolute Gasteiger partial charge is 0.266 e. The number of hydrogen-bond donors (Lipinski definition) is 3. The van der Waals surface area contributed by atoms with Crippen molar-refractivity contribution in [3.63, 3.8) is 0 Å². The number of nitrogens with one attached hydrogen (secondary N) is 2. The molecule has 10 heteroatoms. The first-order valence-electron chi connectivity index (χ1n) is 13.0. The number of rotatable bonds is 13. The van der Waals surface area contributed by atoms with Gasteiger partial charge in [-0.25, -0.2) is 10.4 Å². The molecule has 3 aromatic carbocycles. The molecule has 1 amide bonds. The van der Waals surface area contributed by atoms with Crippen molar-refractivity contribution in [3.8, 4) is 17.2 Å². The number of aliphatic hydroxyl groups excluding tert-OH is 1. The van der Waals surface area contributed by atoms with E-state index in [9.17, 15) is 4.79 Å². The molecule has 3 aromatic rings. The second kappa shape index (κ2) is 13.6. The number of hydrazine groups is 1. The number of ether oxygens (including phenoxy) is 4. The molecular weight excluding hydrogens is 578 g/mol. The van der Waals surface area contributed by atoms with E-state index in [0.29, 0.717) is 49.1 Å². The van der Waals surface area contributed by atoms with Crippen LogP contribution in [0.25, 0.3) is 0 Å². The molecular formula is C30H34BrN3O6. The summed E-state index contributed by atoms with van der Waals surface area (Å²) in [4.78, 5) is 18.8. The highest BCUT2D eigenvalue weighted by atomic mass is 79.9. The lowest BCUT2D eigenvalue weighted by atomic mass is 9.86. The largest absolute Gasteiger partial charge is 0.494 e. The number of aliphatic hydroxyl groups is 1. The first-order chi connectivity index (χ1) is 19.4. The molecule has 0 saturated carbocycles. The molecule has 4 rings (SSSR count). The lowest BCUT2D eigenvalue weighted by Crippen LogP contribution is -2.55. The maximum absolute atomic E-state index is 13.9. The Balaban J connectivity index is 1.58. The van der Waals surface area contributed by atoms with Crippen LogP contribution in [-0.2, 0) is 22.5 Å². The van der Waals surface area contributed by atoms with Gasteiger partial charge in [-0.05, 0) is 48.9 Å². The zero-order chi connectivity index (χ0) is 28.5. The van der Waals surface area contributed by atoms with Crippen LogP contribution in [-0.4, -0.2) is 56.0 Å². The number of carbonyl (C=O) groups is 1. The highest BCUT2D eigenvalue weighted by Crippen LogP contribution is 2.35. The summed E-state index contributed by atoms with van der Waals surface area (Å²) in [6.07, 6.45) is 0.320. The van der Waals surface area contributed by atoms with Gasteiger partial charge in [0.15, 0.2) is 17.0 Å². The van der Waals surface area contributed by atoms with E-state index in [1.54, 1.807) is 14.2 Å². The summed E-state index contributed by atoms with van der Waals surface area (Å²) >= 11 is 3.61. The Morgan fingerprint density at radius 3 is 2.50 bits per heavy atom. The quantitative estimate of drug-likeness (QED) is 0.196. The molecule has 1 aliphatic rings. The second-order valence-corrected chi connectivity index (χ2v) is 10.1. The number of halogens is 1. The normalized spacial score (nSPS) is 18.0. The van der Waals surface area contributed by atoms with Gasteiger partial charge in [-0.3, -0.25) is 10.2 Å². The van der Waals surface area contributed by atoms with Crippen LogP contribution in [0, 0.1) is 0 Å². The molecule has 0 unspecified atom stereocenters. The fourth-order valence-corrected chi connectivity index (χ4v) is 4.92. The average Bonchev–Trinajstić information content (AvgIpc) is 3.31. The SMILES string of the molecule is COc1cccc(CNNC(=O)[C@@]2(Cc3ccccc3Br)N=C(c3ccc(OCCCO)cc3)O[C@H]2C)c1OC. The molecule has 0 fully saturated rings. The summed E-state index contributed by atoms with van der Waals surface area (Å²) in [6, 6.07) is 20.7. The first-order valence-corrected chi connectivity index (χ1v) is 13.8. The summed E-state index contributed by atoms with van der Waals surface area (Å²) < 4.78 is 23.6. The van der Waals surface area contributed by atoms with E-state index in [4.69, 9.17) is 29.0 Å². The maximum Gasteiger partial charge on any atom is 0.266 e. The summed E-state index contributed by atoms with van der Waals surface area (Å²) in [5, 5.41) is 8.97. The summed E-state index contributed by atoms with van der Waals surface area (Å²) in [5.41, 5.74) is 7.14. The van der Waals surface area contributed by atoms with Crippen molar-refractivity contribution in [1.29, 1.82) is 0 Å². The van der Waals surface area contributed by atoms with Crippen LogP contribution in [0.2, 0.25) is 0 Å². The predicted octanol–water partition coefficient (Wildman–Crippen LogP) is 4.20. The number of aliphatic imine (C=N–C) groups is 1. The van der Waals surface area contributed by atoms with Crippen molar-refractivity contribution in [2.45, 2.75) is 38.0 Å². The topological polar surface area (TPSA) is 111 Å². The van der Waals surface area contributed by atoms with Crippen LogP contribution >= 0.6 is 15.9 Å². The molecule has 2 atom stereocenters. The van der Waals surface area contributed by atoms with Crippen LogP contribution in [0.3, 0.4) is 0 Å². The summed E-state index contributed by atoms with van der Waals surface area (Å²) in [7, 11) is 3.16. The van der Waals surface area contributed by atoms with Crippen molar-refractivity contribution < 1.29 is 28.8 Å². The monoisotopic (exact) mass is 611 g/mol. The molecule has 9 nitrogen and oxygen atoms in total. The molecule has 1 aliphatic heterocycles. The Labute approximate surface area is 242 Å². The van der Waals surface area contributed by atoms with E-state index in [-0.39, 0.29) is 12.5 Å². The molecule has 0 bridgehead atoms. The third kappa shape index (κ3) is 6.57. The van der Waals surface area contributed by atoms with Crippen molar-refractivity contribution in [2.75, 3.05) is 27.4 Å². The number of benzene rings is 3. The minimum Gasteiger partial charge on any atom is -0.494 e. The van der Waals surface area contributed by atoms with Gasteiger partial charge in [0, 0.05) is 41.6 Å². The molecule has 0 saturated heterocycles. The Morgan fingerprint density at radius 1 is 1.05 bits per heavy atom. The molecule has 3 N–H and O–H groups in total. The van der Waals surface area contributed by atoms with Gasteiger partial charge in [-0.15, -0.1) is 0 Å². The van der Waals surface area contributed by atoms with Crippen LogP contribution in [0.4, 0.5) is 0 Å². The van der Waals surface area contributed by atoms with E-state index < -0.39 is 11.6 Å². The Hall–Kier alpha value is -3.60. The molecule has 0 radical (unpaired) electrons. The Kier molecular flexibility index (Phi) is 10.0. The van der Waals surface area contributed by atoms with Crippen molar-refractivity contribution in [3.05, 3.63) is 87.9 Å². The molecule has 40 heavy (non-hydrogen) atoms. The average molecular weight is 613 g/mol. The minimum atomic E-state index is -1.24. The fraction of sp³-hybridized carbons (Fsp3) is 0.333. The highest BCUT2D eigenvalue weighted by Gasteiger charge is 2.50. The third-order valence-corrected chi connectivity index (χ3v) is 7.48. The second-order valence-electron chi connectivity index (χ2n) is 9.28. The van der Waals surface area contributed by atoms with E-state index in [0.717, 1.165) is 21.2 Å². The van der Waals surface area contributed by atoms with E-state index >= 15 is 0 Å². The first kappa shape index (κ1) is 29.4. The number of hydrogen-bond acceptors (Lipinski definition) is 8. The minimum absolute atomic E-state index is 0.0736. The zero-order valence-corrected chi connectivity index (χ0v) is 24.4. The van der Waals surface area contributed by atoms with E-state index in [1.165, 1.54) is 0 Å². The number of methoxy groups -OCH3 is 2. The Morgan fingerprint density at radius 2 is 1.80 bits per heavy atom. The highest BCUT2D eigenvalue weighted by molar-refractivity contribution is 9.10. The number of amides is 1. The third-order valence-electron chi connectivity index (χ3n) is 6.71. The zero-order valence-electron chi connectivity index (χ0n) is 22.8. The molecule has 212 valence electrons. The maximum atomic E-state index is 13.9. The summed E-state index contributed by atoms with van der Waals surface area (Å²) in [6.45, 7) is 2.66. The summed E-state index contributed by atoms with van der Waals surface area (Å²) in [5.74, 6) is 1.94. The number of nitrogens with zero attached hydrogens (tertiary/aromatic N) is 1. The molecule has 0 spiro atoms. The molecule has 1 heterocycles.